The Kier molecular flexibility index (Phi) is 11.0. The van der Waals surface area contributed by atoms with Crippen LogP contribution in [0, 0.1) is 12.7 Å². The molecule has 0 amide bonds. The number of rotatable bonds is 5. The highest BCUT2D eigenvalue weighted by atomic mass is 13.9. The molecule has 0 spiro atoms. The molecule has 0 aliphatic heterocycles. The molecule has 13 heavy (non-hydrogen) atoms. The van der Waals surface area contributed by atoms with E-state index in [0.717, 1.165) is 6.42 Å². The fraction of sp³-hybridized carbons (Fsp3) is 0.692. The molecule has 0 unspecified atom stereocenters. The second kappa shape index (κ2) is 11.5. The summed E-state index contributed by atoms with van der Waals surface area (Å²) in [6.45, 7) is 7.40. The SMILES string of the molecule is [CH]=CCCCCCC.[C]1=CCCC1. The molecule has 74 valence electrons. The Morgan fingerprint density at radius 2 is 2.23 bits per heavy atom. The van der Waals surface area contributed by atoms with Gasteiger partial charge >= 0.3 is 0 Å². The summed E-state index contributed by atoms with van der Waals surface area (Å²) >= 11 is 0. The predicted octanol–water partition coefficient (Wildman–Crippen LogP) is 4.48. The van der Waals surface area contributed by atoms with Gasteiger partial charge in [0.05, 0.1) is 0 Å². The van der Waals surface area contributed by atoms with Crippen molar-refractivity contribution >= 4 is 0 Å². The van der Waals surface area contributed by atoms with Crippen LogP contribution in [0.1, 0.15) is 58.3 Å². The lowest BCUT2D eigenvalue weighted by atomic mass is 10.2. The van der Waals surface area contributed by atoms with Crippen molar-refractivity contribution in [3.05, 3.63) is 24.8 Å². The average Bonchev–Trinajstić information content (AvgIpc) is 2.70. The van der Waals surface area contributed by atoms with Gasteiger partial charge in [-0.1, -0.05) is 44.9 Å². The van der Waals surface area contributed by atoms with Gasteiger partial charge in [-0.15, -0.1) is 0 Å². The van der Waals surface area contributed by atoms with Crippen molar-refractivity contribution in [2.24, 2.45) is 0 Å². The number of unbranched alkanes of at least 4 members (excludes halogenated alkanes) is 4. The summed E-state index contributed by atoms with van der Waals surface area (Å²) < 4.78 is 0. The third kappa shape index (κ3) is 11.5. The zero-order valence-corrected chi connectivity index (χ0v) is 8.89. The number of hydrogen-bond donors (Lipinski definition) is 0. The van der Waals surface area contributed by atoms with Gasteiger partial charge in [0.2, 0.25) is 0 Å². The van der Waals surface area contributed by atoms with E-state index in [0.29, 0.717) is 0 Å². The maximum Gasteiger partial charge on any atom is -0.0276 e. The molecule has 0 saturated carbocycles. The van der Waals surface area contributed by atoms with Crippen LogP contribution < -0.4 is 0 Å². The normalized spacial score (nSPS) is 13.6. The monoisotopic (exact) mass is 178 g/mol. The van der Waals surface area contributed by atoms with E-state index in [1.165, 1.54) is 44.9 Å². The zero-order chi connectivity index (χ0) is 9.78. The third-order valence-corrected chi connectivity index (χ3v) is 2.04. The van der Waals surface area contributed by atoms with Gasteiger partial charge in [-0.2, -0.15) is 0 Å². The minimum Gasteiger partial charge on any atom is -0.0845 e. The van der Waals surface area contributed by atoms with E-state index in [1.54, 1.807) is 6.08 Å². The fourth-order valence-electron chi connectivity index (χ4n) is 1.20. The zero-order valence-electron chi connectivity index (χ0n) is 8.89. The van der Waals surface area contributed by atoms with Crippen LogP contribution in [0.25, 0.3) is 0 Å². The van der Waals surface area contributed by atoms with Crippen LogP contribution in [0.15, 0.2) is 12.2 Å². The largest absolute Gasteiger partial charge is 0.0845 e. The van der Waals surface area contributed by atoms with E-state index in [4.69, 9.17) is 6.58 Å². The molecule has 0 bridgehead atoms. The van der Waals surface area contributed by atoms with Crippen LogP contribution in [0.5, 0.6) is 0 Å². The van der Waals surface area contributed by atoms with Crippen molar-refractivity contribution in [3.8, 4) is 0 Å². The van der Waals surface area contributed by atoms with Crippen molar-refractivity contribution in [1.82, 2.24) is 0 Å². The van der Waals surface area contributed by atoms with Crippen LogP contribution in [0.4, 0.5) is 0 Å². The van der Waals surface area contributed by atoms with E-state index in [1.807, 2.05) is 0 Å². The van der Waals surface area contributed by atoms with Crippen LogP contribution >= 0.6 is 0 Å². The molecule has 1 aliphatic carbocycles. The summed E-state index contributed by atoms with van der Waals surface area (Å²) in [4.78, 5) is 0. The van der Waals surface area contributed by atoms with Gasteiger partial charge in [0.1, 0.15) is 0 Å². The van der Waals surface area contributed by atoms with Gasteiger partial charge < -0.3 is 0 Å². The van der Waals surface area contributed by atoms with Crippen LogP contribution in [0.3, 0.4) is 0 Å². The maximum atomic E-state index is 5.19. The van der Waals surface area contributed by atoms with E-state index in [9.17, 15) is 0 Å². The second-order valence-corrected chi connectivity index (χ2v) is 3.39. The summed E-state index contributed by atoms with van der Waals surface area (Å²) in [7, 11) is 0. The molecule has 0 heterocycles. The molecule has 1 aliphatic rings. The summed E-state index contributed by atoms with van der Waals surface area (Å²) in [6, 6.07) is 0. The van der Waals surface area contributed by atoms with Crippen molar-refractivity contribution in [2.45, 2.75) is 58.3 Å². The standard InChI is InChI=1S/C8H15.C5H7/c1-3-5-7-8-6-4-2;1-2-4-5-3-1/h1,3H,4-8H2,2H3;1H,2,4-5H2. The topological polar surface area (TPSA) is 0 Å². The first-order chi connectivity index (χ1) is 6.41. The molecule has 0 aromatic rings. The first-order valence-electron chi connectivity index (χ1n) is 5.50. The summed E-state index contributed by atoms with van der Waals surface area (Å²) in [6.07, 6.45) is 17.1. The molecular formula is C13H22. The minimum atomic E-state index is 1.08. The van der Waals surface area contributed by atoms with E-state index < -0.39 is 0 Å². The fourth-order valence-corrected chi connectivity index (χ4v) is 1.20. The molecule has 1 rings (SSSR count). The highest BCUT2D eigenvalue weighted by molar-refractivity contribution is 4.80. The Balaban J connectivity index is 0.000000243. The molecule has 0 fully saturated rings. The van der Waals surface area contributed by atoms with Gasteiger partial charge in [0.15, 0.2) is 0 Å². The van der Waals surface area contributed by atoms with Crippen LogP contribution in [-0.2, 0) is 0 Å². The summed E-state index contributed by atoms with van der Waals surface area (Å²) in [5.41, 5.74) is 0. The van der Waals surface area contributed by atoms with E-state index in [2.05, 4.69) is 19.1 Å². The van der Waals surface area contributed by atoms with Crippen molar-refractivity contribution in [2.75, 3.05) is 0 Å². The molecule has 0 nitrogen and oxygen atoms in total. The highest BCUT2D eigenvalue weighted by Gasteiger charge is 1.85. The quantitative estimate of drug-likeness (QED) is 0.545. The lowest BCUT2D eigenvalue weighted by molar-refractivity contribution is 0.674. The summed E-state index contributed by atoms with van der Waals surface area (Å²) in [5.74, 6) is 0. The van der Waals surface area contributed by atoms with E-state index in [-0.39, 0.29) is 0 Å². The maximum absolute atomic E-state index is 5.19. The second-order valence-electron chi connectivity index (χ2n) is 3.39. The Morgan fingerprint density at radius 3 is 2.62 bits per heavy atom. The van der Waals surface area contributed by atoms with Gasteiger partial charge in [-0.05, 0) is 38.2 Å². The average molecular weight is 178 g/mol. The molecule has 0 atom stereocenters. The molecule has 0 aromatic heterocycles. The first-order valence-corrected chi connectivity index (χ1v) is 5.50. The van der Waals surface area contributed by atoms with Gasteiger partial charge in [0.25, 0.3) is 0 Å². The number of allylic oxidation sites excluding steroid dienone is 3. The van der Waals surface area contributed by atoms with E-state index >= 15 is 0 Å². The van der Waals surface area contributed by atoms with Crippen molar-refractivity contribution in [3.63, 3.8) is 0 Å². The molecule has 0 aromatic carbocycles. The molecule has 0 saturated heterocycles. The predicted molar refractivity (Wildman–Crippen MR) is 59.3 cm³/mol. The van der Waals surface area contributed by atoms with Gasteiger partial charge in [-0.25, -0.2) is 0 Å². The highest BCUT2D eigenvalue weighted by Crippen LogP contribution is 2.04. The van der Waals surface area contributed by atoms with Crippen LogP contribution in [0.2, 0.25) is 0 Å². The smallest absolute Gasteiger partial charge is 0.0276 e. The lowest BCUT2D eigenvalue weighted by Gasteiger charge is -1.91. The molecule has 0 heteroatoms. The lowest BCUT2D eigenvalue weighted by Crippen LogP contribution is -1.71. The summed E-state index contributed by atoms with van der Waals surface area (Å²) in [5, 5.41) is 0. The van der Waals surface area contributed by atoms with Crippen molar-refractivity contribution in [1.29, 1.82) is 0 Å². The Labute approximate surface area is 83.7 Å². The first kappa shape index (κ1) is 12.5. The molecular weight excluding hydrogens is 156 g/mol. The van der Waals surface area contributed by atoms with Crippen LogP contribution in [-0.4, -0.2) is 0 Å². The minimum absolute atomic E-state index is 1.08. The Morgan fingerprint density at radius 1 is 1.38 bits per heavy atom. The molecule has 0 N–H and O–H groups in total. The van der Waals surface area contributed by atoms with Gasteiger partial charge in [0, 0.05) is 0 Å². The Bertz CT molecular complexity index is 116. The van der Waals surface area contributed by atoms with Crippen molar-refractivity contribution < 1.29 is 0 Å². The third-order valence-electron chi connectivity index (χ3n) is 2.04. The molecule has 2 radical (unpaired) electrons. The Hall–Kier alpha value is -0.520. The number of hydrogen-bond acceptors (Lipinski definition) is 0. The van der Waals surface area contributed by atoms with Gasteiger partial charge in [-0.3, -0.25) is 0 Å².